The van der Waals surface area contributed by atoms with Crippen LogP contribution in [0.2, 0.25) is 0 Å². The number of aliphatic hydroxyl groups is 1. The maximum atomic E-state index is 12.4. The summed E-state index contributed by atoms with van der Waals surface area (Å²) in [5, 5.41) is 15.0. The van der Waals surface area contributed by atoms with Gasteiger partial charge in [0.05, 0.1) is 12.4 Å². The van der Waals surface area contributed by atoms with Crippen LogP contribution in [0.3, 0.4) is 0 Å². The zero-order valence-corrected chi connectivity index (χ0v) is 14.1. The van der Waals surface area contributed by atoms with Crippen molar-refractivity contribution in [3.63, 3.8) is 0 Å². The van der Waals surface area contributed by atoms with Crippen molar-refractivity contribution in [2.75, 3.05) is 6.54 Å². The second-order valence-electron chi connectivity index (χ2n) is 5.55. The molecule has 2 rings (SSSR count). The first-order valence-electron chi connectivity index (χ1n) is 8.18. The van der Waals surface area contributed by atoms with E-state index in [1.54, 1.807) is 42.5 Å². The van der Waals surface area contributed by atoms with Crippen LogP contribution in [0.4, 0.5) is 0 Å². The lowest BCUT2D eigenvalue weighted by atomic mass is 10.2. The van der Waals surface area contributed by atoms with Crippen LogP contribution >= 0.6 is 0 Å². The van der Waals surface area contributed by atoms with E-state index < -0.39 is 17.9 Å². The maximum Gasteiger partial charge on any atom is 0.268 e. The fourth-order valence-electron chi connectivity index (χ4n) is 2.20. The summed E-state index contributed by atoms with van der Waals surface area (Å²) >= 11 is 0. The fourth-order valence-corrected chi connectivity index (χ4v) is 2.20. The van der Waals surface area contributed by atoms with E-state index in [2.05, 4.69) is 10.6 Å². The van der Waals surface area contributed by atoms with Gasteiger partial charge in [0, 0.05) is 18.2 Å². The Morgan fingerprint density at radius 2 is 1.96 bits per heavy atom. The number of rotatable bonds is 8. The molecule has 6 heteroatoms. The molecule has 0 bridgehead atoms. The van der Waals surface area contributed by atoms with Crippen molar-refractivity contribution in [1.29, 1.82) is 0 Å². The van der Waals surface area contributed by atoms with Crippen LogP contribution in [-0.2, 0) is 4.79 Å². The van der Waals surface area contributed by atoms with Gasteiger partial charge < -0.3 is 20.2 Å². The summed E-state index contributed by atoms with van der Waals surface area (Å²) < 4.78 is 5.21. The van der Waals surface area contributed by atoms with Crippen molar-refractivity contribution in [3.8, 4) is 0 Å². The zero-order chi connectivity index (χ0) is 18.1. The topological polar surface area (TPSA) is 91.6 Å². The van der Waals surface area contributed by atoms with Gasteiger partial charge in [-0.3, -0.25) is 9.59 Å². The highest BCUT2D eigenvalue weighted by Crippen LogP contribution is 2.08. The second-order valence-corrected chi connectivity index (χ2v) is 5.55. The minimum absolute atomic E-state index is 0.0486. The first kappa shape index (κ1) is 18.5. The minimum Gasteiger partial charge on any atom is -0.465 e. The average molecular weight is 342 g/mol. The second kappa shape index (κ2) is 9.44. The molecule has 3 N–H and O–H groups in total. The summed E-state index contributed by atoms with van der Waals surface area (Å²) in [7, 11) is 0. The number of nitrogens with one attached hydrogen (secondary N) is 2. The van der Waals surface area contributed by atoms with Crippen LogP contribution in [0.25, 0.3) is 6.08 Å². The lowest BCUT2D eigenvalue weighted by molar-refractivity contribution is -0.118. The normalized spacial score (nSPS) is 12.5. The quantitative estimate of drug-likeness (QED) is 0.642. The van der Waals surface area contributed by atoms with Gasteiger partial charge in [-0.05, 0) is 30.7 Å². The lowest BCUT2D eigenvalue weighted by Gasteiger charge is -2.13. The third-order valence-electron chi connectivity index (χ3n) is 3.48. The minimum atomic E-state index is -0.622. The SMILES string of the molecule is CCCC(O)CNC(=O)/C(=C/c1ccco1)NC(=O)c1ccccc1. The maximum absolute atomic E-state index is 12.4. The predicted molar refractivity (Wildman–Crippen MR) is 94.5 cm³/mol. The molecule has 2 aromatic rings. The van der Waals surface area contributed by atoms with Crippen LogP contribution < -0.4 is 10.6 Å². The molecule has 1 aromatic carbocycles. The third-order valence-corrected chi connectivity index (χ3v) is 3.48. The first-order valence-corrected chi connectivity index (χ1v) is 8.18. The van der Waals surface area contributed by atoms with E-state index in [1.807, 2.05) is 6.92 Å². The van der Waals surface area contributed by atoms with Crippen molar-refractivity contribution in [2.24, 2.45) is 0 Å². The van der Waals surface area contributed by atoms with Crippen molar-refractivity contribution >= 4 is 17.9 Å². The van der Waals surface area contributed by atoms with Crippen molar-refractivity contribution in [1.82, 2.24) is 10.6 Å². The average Bonchev–Trinajstić information content (AvgIpc) is 3.13. The summed E-state index contributed by atoms with van der Waals surface area (Å²) in [6.45, 7) is 2.07. The van der Waals surface area contributed by atoms with E-state index in [9.17, 15) is 14.7 Å². The van der Waals surface area contributed by atoms with Crippen LogP contribution in [0.1, 0.15) is 35.9 Å². The van der Waals surface area contributed by atoms with Gasteiger partial charge in [-0.25, -0.2) is 0 Å². The number of furan rings is 1. The van der Waals surface area contributed by atoms with Gasteiger partial charge in [-0.1, -0.05) is 31.5 Å². The Kier molecular flexibility index (Phi) is 6.98. The Hall–Kier alpha value is -2.86. The number of aliphatic hydroxyl groups excluding tert-OH is 1. The summed E-state index contributed by atoms with van der Waals surface area (Å²) in [5.74, 6) is -0.453. The largest absolute Gasteiger partial charge is 0.465 e. The Morgan fingerprint density at radius 1 is 1.20 bits per heavy atom. The van der Waals surface area contributed by atoms with Crippen molar-refractivity contribution < 1.29 is 19.1 Å². The molecule has 0 aliphatic heterocycles. The van der Waals surface area contributed by atoms with Crippen LogP contribution in [0.15, 0.2) is 58.8 Å². The molecule has 132 valence electrons. The molecule has 1 atom stereocenters. The molecular formula is C19H22N2O4. The van der Waals surface area contributed by atoms with E-state index >= 15 is 0 Å². The molecular weight excluding hydrogens is 320 g/mol. The molecule has 0 radical (unpaired) electrons. The number of hydrogen-bond donors (Lipinski definition) is 3. The van der Waals surface area contributed by atoms with Gasteiger partial charge in [0.1, 0.15) is 11.5 Å². The van der Waals surface area contributed by atoms with Gasteiger partial charge in [-0.15, -0.1) is 0 Å². The van der Waals surface area contributed by atoms with Crippen LogP contribution in [-0.4, -0.2) is 29.6 Å². The van der Waals surface area contributed by atoms with Crippen LogP contribution in [0.5, 0.6) is 0 Å². The molecule has 0 saturated heterocycles. The number of hydrogen-bond acceptors (Lipinski definition) is 4. The molecule has 25 heavy (non-hydrogen) atoms. The Bertz CT molecular complexity index is 708. The van der Waals surface area contributed by atoms with Crippen molar-refractivity contribution in [3.05, 3.63) is 65.7 Å². The lowest BCUT2D eigenvalue weighted by Crippen LogP contribution is -2.38. The summed E-state index contributed by atoms with van der Waals surface area (Å²) in [6.07, 6.45) is 3.71. The first-order chi connectivity index (χ1) is 12.1. The summed E-state index contributed by atoms with van der Waals surface area (Å²) in [5.41, 5.74) is 0.485. The monoisotopic (exact) mass is 342 g/mol. The van der Waals surface area contributed by atoms with Gasteiger partial charge in [0.2, 0.25) is 0 Å². The summed E-state index contributed by atoms with van der Waals surface area (Å²) in [4.78, 5) is 24.7. The van der Waals surface area contributed by atoms with Gasteiger partial charge in [0.15, 0.2) is 0 Å². The Morgan fingerprint density at radius 3 is 2.60 bits per heavy atom. The van der Waals surface area contributed by atoms with E-state index in [0.717, 1.165) is 6.42 Å². The molecule has 1 aromatic heterocycles. The molecule has 2 amide bonds. The van der Waals surface area contributed by atoms with Gasteiger partial charge >= 0.3 is 0 Å². The number of amides is 2. The number of carbonyl (C=O) groups excluding carboxylic acids is 2. The predicted octanol–water partition coefficient (Wildman–Crippen LogP) is 2.33. The molecule has 0 fully saturated rings. The zero-order valence-electron chi connectivity index (χ0n) is 14.1. The molecule has 0 spiro atoms. The third kappa shape index (κ3) is 5.93. The van der Waals surface area contributed by atoms with E-state index in [0.29, 0.717) is 17.7 Å². The fraction of sp³-hybridized carbons (Fsp3) is 0.263. The van der Waals surface area contributed by atoms with Gasteiger partial charge in [-0.2, -0.15) is 0 Å². The summed E-state index contributed by atoms with van der Waals surface area (Å²) in [6, 6.07) is 12.0. The highest BCUT2D eigenvalue weighted by atomic mass is 16.3. The molecule has 1 unspecified atom stereocenters. The Balaban J connectivity index is 2.10. The highest BCUT2D eigenvalue weighted by Gasteiger charge is 2.16. The van der Waals surface area contributed by atoms with Crippen LogP contribution in [0, 0.1) is 0 Å². The molecule has 0 aliphatic rings. The van der Waals surface area contributed by atoms with E-state index in [-0.39, 0.29) is 12.2 Å². The number of benzene rings is 1. The molecule has 0 aliphatic carbocycles. The highest BCUT2D eigenvalue weighted by molar-refractivity contribution is 6.05. The Labute approximate surface area is 146 Å². The number of carbonyl (C=O) groups is 2. The van der Waals surface area contributed by atoms with E-state index in [1.165, 1.54) is 12.3 Å². The standard InChI is InChI=1S/C19H22N2O4/c1-2-7-15(22)13-20-19(24)17(12-16-10-6-11-25-16)21-18(23)14-8-4-3-5-9-14/h3-6,8-12,15,22H,2,7,13H2,1H3,(H,20,24)(H,21,23)/b17-12-. The molecule has 0 saturated carbocycles. The van der Waals surface area contributed by atoms with E-state index in [4.69, 9.17) is 4.42 Å². The molecule has 6 nitrogen and oxygen atoms in total. The smallest absolute Gasteiger partial charge is 0.268 e. The van der Waals surface area contributed by atoms with Gasteiger partial charge in [0.25, 0.3) is 11.8 Å². The van der Waals surface area contributed by atoms with Crippen molar-refractivity contribution in [2.45, 2.75) is 25.9 Å². The molecule has 1 heterocycles.